The van der Waals surface area contributed by atoms with Crippen molar-refractivity contribution in [3.05, 3.63) is 12.2 Å². The average molecular weight is 269 g/mol. The van der Waals surface area contributed by atoms with Crippen molar-refractivity contribution in [2.75, 3.05) is 0 Å². The summed E-state index contributed by atoms with van der Waals surface area (Å²) in [6.45, 7) is 4.09. The van der Waals surface area contributed by atoms with Crippen molar-refractivity contribution in [2.45, 2.75) is 96.6 Å². The number of aliphatic hydroxyl groups is 1. The van der Waals surface area contributed by atoms with E-state index in [0.717, 1.165) is 6.42 Å². The predicted octanol–water partition coefficient (Wildman–Crippen LogP) is 4.56. The summed E-state index contributed by atoms with van der Waals surface area (Å²) in [5, 5.41) is 9.48. The zero-order valence-electron chi connectivity index (χ0n) is 13.1. The molecule has 0 unspecified atom stereocenters. The summed E-state index contributed by atoms with van der Waals surface area (Å²) in [4.78, 5) is 0. The van der Waals surface area contributed by atoms with Crippen molar-refractivity contribution in [2.24, 2.45) is 5.73 Å². The molecule has 0 saturated carbocycles. The Kier molecular flexibility index (Phi) is 13.8. The molecule has 2 heteroatoms. The normalized spacial score (nSPS) is 14.9. The van der Waals surface area contributed by atoms with E-state index < -0.39 is 6.10 Å². The fourth-order valence-electron chi connectivity index (χ4n) is 2.16. The standard InChI is InChI=1S/C17H35NO/c1-3-4-5-6-7-8-9-10-11-12-13-14-15-17(19)16(2)18/h14-17,19H,3-13,18H2,1-2H3/b15-14+/t16-,17+/m0/s1. The Morgan fingerprint density at radius 2 is 1.37 bits per heavy atom. The van der Waals surface area contributed by atoms with Crippen LogP contribution in [0.4, 0.5) is 0 Å². The molecule has 0 aromatic rings. The lowest BCUT2D eigenvalue weighted by Gasteiger charge is -2.08. The molecule has 0 aromatic carbocycles. The molecular formula is C17H35NO. The highest BCUT2D eigenvalue weighted by Crippen LogP contribution is 2.11. The van der Waals surface area contributed by atoms with Crippen LogP contribution in [-0.4, -0.2) is 17.3 Å². The van der Waals surface area contributed by atoms with Gasteiger partial charge < -0.3 is 10.8 Å². The number of aliphatic hydroxyl groups excluding tert-OH is 1. The third kappa shape index (κ3) is 13.9. The van der Waals surface area contributed by atoms with Crippen LogP contribution in [0.5, 0.6) is 0 Å². The quantitative estimate of drug-likeness (QED) is 0.380. The monoisotopic (exact) mass is 269 g/mol. The Balaban J connectivity index is 3.15. The average Bonchev–Trinajstić information content (AvgIpc) is 2.39. The molecule has 0 aliphatic rings. The fraction of sp³-hybridized carbons (Fsp3) is 0.882. The van der Waals surface area contributed by atoms with E-state index in [9.17, 15) is 5.11 Å². The third-order valence-electron chi connectivity index (χ3n) is 3.60. The summed E-state index contributed by atoms with van der Waals surface area (Å²) in [6, 6.07) is -0.163. The van der Waals surface area contributed by atoms with E-state index in [1.165, 1.54) is 64.2 Å². The SMILES string of the molecule is CCCCCCCCCCCC/C=C/[C@@H](O)[C@H](C)N. The smallest absolute Gasteiger partial charge is 0.0869 e. The molecule has 114 valence electrons. The topological polar surface area (TPSA) is 46.2 Å². The molecule has 0 aliphatic carbocycles. The maximum Gasteiger partial charge on any atom is 0.0869 e. The summed E-state index contributed by atoms with van der Waals surface area (Å²) in [5.74, 6) is 0. The maximum absolute atomic E-state index is 9.48. The van der Waals surface area contributed by atoms with Crippen LogP contribution < -0.4 is 5.73 Å². The number of allylic oxidation sites excluding steroid dienone is 1. The highest BCUT2D eigenvalue weighted by molar-refractivity contribution is 4.92. The lowest BCUT2D eigenvalue weighted by atomic mass is 10.1. The van der Waals surface area contributed by atoms with E-state index in [2.05, 4.69) is 13.0 Å². The number of rotatable bonds is 13. The number of unbranched alkanes of at least 4 members (excludes halogenated alkanes) is 10. The van der Waals surface area contributed by atoms with Crippen LogP contribution in [0.15, 0.2) is 12.2 Å². The van der Waals surface area contributed by atoms with Gasteiger partial charge in [0.15, 0.2) is 0 Å². The van der Waals surface area contributed by atoms with Crippen LogP contribution in [0.3, 0.4) is 0 Å². The predicted molar refractivity (Wildman–Crippen MR) is 85.3 cm³/mol. The van der Waals surface area contributed by atoms with Gasteiger partial charge in [0.2, 0.25) is 0 Å². The maximum atomic E-state index is 9.48. The minimum atomic E-state index is -0.483. The molecule has 0 bridgehead atoms. The van der Waals surface area contributed by atoms with Crippen molar-refractivity contribution in [3.8, 4) is 0 Å². The van der Waals surface area contributed by atoms with Crippen molar-refractivity contribution < 1.29 is 5.11 Å². The second kappa shape index (κ2) is 14.1. The Labute approximate surface area is 120 Å². The number of hydrogen-bond acceptors (Lipinski definition) is 2. The summed E-state index contributed by atoms with van der Waals surface area (Å²) in [6.07, 6.45) is 18.2. The molecule has 0 aliphatic heterocycles. The Morgan fingerprint density at radius 3 is 1.84 bits per heavy atom. The lowest BCUT2D eigenvalue weighted by molar-refractivity contribution is 0.198. The molecule has 0 spiro atoms. The van der Waals surface area contributed by atoms with E-state index in [-0.39, 0.29) is 6.04 Å². The van der Waals surface area contributed by atoms with Gasteiger partial charge in [0, 0.05) is 6.04 Å². The summed E-state index contributed by atoms with van der Waals surface area (Å²) >= 11 is 0. The van der Waals surface area contributed by atoms with E-state index in [4.69, 9.17) is 5.73 Å². The van der Waals surface area contributed by atoms with E-state index >= 15 is 0 Å². The van der Waals surface area contributed by atoms with Crippen LogP contribution >= 0.6 is 0 Å². The first-order valence-corrected chi connectivity index (χ1v) is 8.28. The van der Waals surface area contributed by atoms with Crippen LogP contribution in [0, 0.1) is 0 Å². The zero-order valence-corrected chi connectivity index (χ0v) is 13.1. The highest BCUT2D eigenvalue weighted by Gasteiger charge is 2.02. The van der Waals surface area contributed by atoms with Crippen molar-refractivity contribution in [1.82, 2.24) is 0 Å². The van der Waals surface area contributed by atoms with Gasteiger partial charge in [-0.1, -0.05) is 76.9 Å². The lowest BCUT2D eigenvalue weighted by Crippen LogP contribution is -2.29. The summed E-state index contributed by atoms with van der Waals surface area (Å²) < 4.78 is 0. The fourth-order valence-corrected chi connectivity index (χ4v) is 2.16. The minimum absolute atomic E-state index is 0.163. The minimum Gasteiger partial charge on any atom is -0.387 e. The van der Waals surface area contributed by atoms with Gasteiger partial charge in [-0.2, -0.15) is 0 Å². The molecule has 0 aromatic heterocycles. The van der Waals surface area contributed by atoms with Crippen LogP contribution in [0.1, 0.15) is 84.5 Å². The van der Waals surface area contributed by atoms with Crippen LogP contribution in [0.2, 0.25) is 0 Å². The molecule has 2 nitrogen and oxygen atoms in total. The molecule has 3 N–H and O–H groups in total. The van der Waals surface area contributed by atoms with Crippen molar-refractivity contribution >= 4 is 0 Å². The first-order valence-electron chi connectivity index (χ1n) is 8.28. The van der Waals surface area contributed by atoms with Gasteiger partial charge in [-0.15, -0.1) is 0 Å². The number of hydrogen-bond donors (Lipinski definition) is 2. The molecule has 19 heavy (non-hydrogen) atoms. The van der Waals surface area contributed by atoms with Gasteiger partial charge in [0.05, 0.1) is 6.10 Å². The molecule has 0 rings (SSSR count). The zero-order chi connectivity index (χ0) is 14.3. The van der Waals surface area contributed by atoms with Gasteiger partial charge in [0.1, 0.15) is 0 Å². The van der Waals surface area contributed by atoms with E-state index in [0.29, 0.717) is 0 Å². The summed E-state index contributed by atoms with van der Waals surface area (Å²) in [7, 11) is 0. The second-order valence-electron chi connectivity index (χ2n) is 5.75. The third-order valence-corrected chi connectivity index (χ3v) is 3.60. The molecular weight excluding hydrogens is 234 g/mol. The van der Waals surface area contributed by atoms with Crippen LogP contribution in [-0.2, 0) is 0 Å². The second-order valence-corrected chi connectivity index (χ2v) is 5.75. The van der Waals surface area contributed by atoms with Gasteiger partial charge >= 0.3 is 0 Å². The first kappa shape index (κ1) is 18.7. The first-order chi connectivity index (χ1) is 9.18. The molecule has 0 fully saturated rings. The molecule has 0 amide bonds. The van der Waals surface area contributed by atoms with Crippen LogP contribution in [0.25, 0.3) is 0 Å². The Hall–Kier alpha value is -0.340. The van der Waals surface area contributed by atoms with Crippen molar-refractivity contribution in [1.29, 1.82) is 0 Å². The van der Waals surface area contributed by atoms with Crippen molar-refractivity contribution in [3.63, 3.8) is 0 Å². The largest absolute Gasteiger partial charge is 0.387 e. The Bertz CT molecular complexity index is 201. The molecule has 2 atom stereocenters. The van der Waals surface area contributed by atoms with Gasteiger partial charge in [-0.25, -0.2) is 0 Å². The molecule has 0 radical (unpaired) electrons. The molecule has 0 heterocycles. The molecule has 0 saturated heterocycles. The number of nitrogens with two attached hydrogens (primary N) is 1. The van der Waals surface area contributed by atoms with Gasteiger partial charge in [0.25, 0.3) is 0 Å². The van der Waals surface area contributed by atoms with E-state index in [1.807, 2.05) is 13.0 Å². The Morgan fingerprint density at radius 1 is 0.895 bits per heavy atom. The van der Waals surface area contributed by atoms with Gasteiger partial charge in [-0.3, -0.25) is 0 Å². The summed E-state index contributed by atoms with van der Waals surface area (Å²) in [5.41, 5.74) is 5.57. The van der Waals surface area contributed by atoms with Gasteiger partial charge in [-0.05, 0) is 19.8 Å². The van der Waals surface area contributed by atoms with E-state index in [1.54, 1.807) is 0 Å². The highest BCUT2D eigenvalue weighted by atomic mass is 16.3.